The van der Waals surface area contributed by atoms with Crippen LogP contribution in [-0.2, 0) is 11.8 Å². The van der Waals surface area contributed by atoms with E-state index in [1.54, 1.807) is 23.9 Å². The first kappa shape index (κ1) is 14.3. The number of hydrogen-bond acceptors (Lipinski definition) is 4. The van der Waals surface area contributed by atoms with Gasteiger partial charge in [0, 0.05) is 24.2 Å². The van der Waals surface area contributed by atoms with Crippen molar-refractivity contribution in [3.8, 4) is 11.3 Å². The van der Waals surface area contributed by atoms with Crippen LogP contribution in [-0.4, -0.2) is 32.6 Å². The molecule has 0 bridgehead atoms. The Morgan fingerprint density at radius 3 is 2.75 bits per heavy atom. The van der Waals surface area contributed by atoms with Crippen molar-refractivity contribution >= 4 is 23.2 Å². The lowest BCUT2D eigenvalue weighted by molar-refractivity contribution is -0.138. The first-order valence-electron chi connectivity index (χ1n) is 6.01. The molecule has 106 valence electrons. The molecule has 2 aromatic rings. The number of rotatable bonds is 4. The van der Waals surface area contributed by atoms with Crippen LogP contribution in [0, 0.1) is 6.92 Å². The van der Waals surface area contributed by atoms with Crippen molar-refractivity contribution < 1.29 is 14.7 Å². The number of carboxylic acid groups (broad SMARTS) is 1. The van der Waals surface area contributed by atoms with Gasteiger partial charge in [-0.25, -0.2) is 4.98 Å². The van der Waals surface area contributed by atoms with Gasteiger partial charge in [0.15, 0.2) is 0 Å². The number of aryl methyl sites for hydroxylation is 2. The number of aliphatic carboxylic acids is 1. The van der Waals surface area contributed by atoms with Crippen LogP contribution in [0.2, 0.25) is 0 Å². The Kier molecular flexibility index (Phi) is 3.89. The van der Waals surface area contributed by atoms with Gasteiger partial charge in [0.2, 0.25) is 0 Å². The van der Waals surface area contributed by atoms with Gasteiger partial charge in [-0.3, -0.25) is 9.59 Å². The fourth-order valence-corrected chi connectivity index (χ4v) is 2.38. The van der Waals surface area contributed by atoms with E-state index in [1.807, 2.05) is 12.3 Å². The summed E-state index contributed by atoms with van der Waals surface area (Å²) in [6.07, 6.45) is 1.80. The van der Waals surface area contributed by atoms with Crippen LogP contribution in [0.15, 0.2) is 17.6 Å². The second kappa shape index (κ2) is 5.46. The monoisotopic (exact) mass is 293 g/mol. The van der Waals surface area contributed by atoms with E-state index in [0.717, 1.165) is 16.3 Å². The lowest BCUT2D eigenvalue weighted by Gasteiger charge is -2.09. The number of nitrogens with zero attached hydrogens (tertiary/aromatic N) is 2. The number of thiazole rings is 1. The van der Waals surface area contributed by atoms with Crippen molar-refractivity contribution in [1.29, 1.82) is 0 Å². The molecule has 0 aliphatic heterocycles. The van der Waals surface area contributed by atoms with Crippen molar-refractivity contribution in [2.45, 2.75) is 19.9 Å². The highest BCUT2D eigenvalue weighted by molar-refractivity contribution is 7.09. The molecule has 0 spiro atoms. The average Bonchev–Trinajstić information content (AvgIpc) is 2.95. The maximum absolute atomic E-state index is 12.0. The molecule has 2 heterocycles. The highest BCUT2D eigenvalue weighted by atomic mass is 32.1. The zero-order valence-corrected chi connectivity index (χ0v) is 12.2. The van der Waals surface area contributed by atoms with Gasteiger partial charge in [0.05, 0.1) is 10.7 Å². The van der Waals surface area contributed by atoms with E-state index in [4.69, 9.17) is 5.11 Å². The molecule has 0 saturated carbocycles. The molecule has 0 aliphatic carbocycles. The second-order valence-electron chi connectivity index (χ2n) is 4.51. The van der Waals surface area contributed by atoms with Crippen LogP contribution >= 0.6 is 11.3 Å². The van der Waals surface area contributed by atoms with Crippen molar-refractivity contribution in [3.05, 3.63) is 28.3 Å². The Morgan fingerprint density at radius 2 is 2.20 bits per heavy atom. The van der Waals surface area contributed by atoms with Gasteiger partial charge in [-0.2, -0.15) is 0 Å². The number of aromatic nitrogens is 2. The minimum atomic E-state index is -1.07. The minimum Gasteiger partial charge on any atom is -0.480 e. The third-order valence-corrected chi connectivity index (χ3v) is 3.64. The summed E-state index contributed by atoms with van der Waals surface area (Å²) in [5.74, 6) is -1.48. The van der Waals surface area contributed by atoms with E-state index in [9.17, 15) is 9.59 Å². The van der Waals surface area contributed by atoms with Crippen LogP contribution in [0.4, 0.5) is 0 Å². The second-order valence-corrected chi connectivity index (χ2v) is 5.57. The highest BCUT2D eigenvalue weighted by Gasteiger charge is 2.18. The summed E-state index contributed by atoms with van der Waals surface area (Å²) in [7, 11) is 1.74. The standard InChI is InChI=1S/C13H15N3O3S/c1-7(13(18)19)14-12(17)11-4-9(5-16(11)3)10-6-20-8(2)15-10/h4-7H,1-3H3,(H,14,17)(H,18,19)/t7-/m0/s1. The molecule has 20 heavy (non-hydrogen) atoms. The van der Waals surface area contributed by atoms with Crippen molar-refractivity contribution in [3.63, 3.8) is 0 Å². The smallest absolute Gasteiger partial charge is 0.325 e. The summed E-state index contributed by atoms with van der Waals surface area (Å²) in [6.45, 7) is 3.34. The molecular weight excluding hydrogens is 278 g/mol. The Hall–Kier alpha value is -2.15. The fraction of sp³-hybridized carbons (Fsp3) is 0.308. The molecule has 2 aromatic heterocycles. The molecule has 0 saturated heterocycles. The minimum absolute atomic E-state index is 0.402. The third kappa shape index (κ3) is 2.88. The predicted octanol–water partition coefficient (Wildman–Crippen LogP) is 1.66. The quantitative estimate of drug-likeness (QED) is 0.898. The maximum atomic E-state index is 12.0. The summed E-state index contributed by atoms with van der Waals surface area (Å²) in [5, 5.41) is 14.1. The van der Waals surface area contributed by atoms with Gasteiger partial charge in [0.25, 0.3) is 5.91 Å². The number of carbonyl (C=O) groups excluding carboxylic acids is 1. The largest absolute Gasteiger partial charge is 0.480 e. The molecule has 2 N–H and O–H groups in total. The zero-order chi connectivity index (χ0) is 14.9. The first-order chi connectivity index (χ1) is 9.38. The van der Waals surface area contributed by atoms with Gasteiger partial charge < -0.3 is 15.0 Å². The van der Waals surface area contributed by atoms with E-state index < -0.39 is 17.9 Å². The van der Waals surface area contributed by atoms with Crippen molar-refractivity contribution in [1.82, 2.24) is 14.9 Å². The molecule has 0 aliphatic rings. The number of carbonyl (C=O) groups is 2. The number of amides is 1. The summed E-state index contributed by atoms with van der Waals surface area (Å²) in [6, 6.07) is 0.778. The van der Waals surface area contributed by atoms with E-state index in [1.165, 1.54) is 18.3 Å². The molecule has 1 amide bonds. The molecule has 0 fully saturated rings. The van der Waals surface area contributed by atoms with Crippen LogP contribution in [0.25, 0.3) is 11.3 Å². The van der Waals surface area contributed by atoms with Crippen molar-refractivity contribution in [2.24, 2.45) is 7.05 Å². The molecular formula is C13H15N3O3S. The van der Waals surface area contributed by atoms with Crippen LogP contribution in [0.5, 0.6) is 0 Å². The molecule has 1 atom stereocenters. The average molecular weight is 293 g/mol. The third-order valence-electron chi connectivity index (χ3n) is 2.87. The lowest BCUT2D eigenvalue weighted by Crippen LogP contribution is -2.38. The molecule has 7 heteroatoms. The van der Waals surface area contributed by atoms with Crippen molar-refractivity contribution in [2.75, 3.05) is 0 Å². The van der Waals surface area contributed by atoms with E-state index >= 15 is 0 Å². The van der Waals surface area contributed by atoms with E-state index in [0.29, 0.717) is 5.69 Å². The molecule has 6 nitrogen and oxygen atoms in total. The Bertz CT molecular complexity index is 660. The number of nitrogens with one attached hydrogen (secondary N) is 1. The summed E-state index contributed by atoms with van der Waals surface area (Å²) >= 11 is 1.54. The van der Waals surface area contributed by atoms with Gasteiger partial charge in [-0.05, 0) is 19.9 Å². The molecule has 0 radical (unpaired) electrons. The predicted molar refractivity (Wildman–Crippen MR) is 75.8 cm³/mol. The van der Waals surface area contributed by atoms with Gasteiger partial charge in [-0.15, -0.1) is 11.3 Å². The maximum Gasteiger partial charge on any atom is 0.325 e. The molecule has 0 aromatic carbocycles. The Morgan fingerprint density at radius 1 is 1.50 bits per heavy atom. The number of hydrogen-bond donors (Lipinski definition) is 2. The first-order valence-corrected chi connectivity index (χ1v) is 6.89. The van der Waals surface area contributed by atoms with Crippen LogP contribution < -0.4 is 5.32 Å². The Balaban J connectivity index is 2.23. The lowest BCUT2D eigenvalue weighted by atomic mass is 10.2. The summed E-state index contributed by atoms with van der Waals surface area (Å²) in [4.78, 5) is 27.1. The van der Waals surface area contributed by atoms with E-state index in [-0.39, 0.29) is 0 Å². The summed E-state index contributed by atoms with van der Waals surface area (Å²) < 4.78 is 1.66. The van der Waals surface area contributed by atoms with Gasteiger partial charge >= 0.3 is 5.97 Å². The topological polar surface area (TPSA) is 84.2 Å². The SMILES string of the molecule is Cc1nc(-c2cc(C(=O)N[C@@H](C)C(=O)O)n(C)c2)cs1. The van der Waals surface area contributed by atoms with Gasteiger partial charge in [-0.1, -0.05) is 0 Å². The van der Waals surface area contributed by atoms with Crippen LogP contribution in [0.1, 0.15) is 22.4 Å². The molecule has 0 unspecified atom stereocenters. The zero-order valence-electron chi connectivity index (χ0n) is 11.4. The molecule has 2 rings (SSSR count). The number of carboxylic acids is 1. The Labute approximate surface area is 120 Å². The summed E-state index contributed by atoms with van der Waals surface area (Å²) in [5.41, 5.74) is 2.05. The van der Waals surface area contributed by atoms with Crippen LogP contribution in [0.3, 0.4) is 0 Å². The highest BCUT2D eigenvalue weighted by Crippen LogP contribution is 2.23. The van der Waals surface area contributed by atoms with E-state index in [2.05, 4.69) is 10.3 Å². The fourth-order valence-electron chi connectivity index (χ4n) is 1.76. The normalized spacial score (nSPS) is 12.2. The van der Waals surface area contributed by atoms with Gasteiger partial charge in [0.1, 0.15) is 11.7 Å².